The van der Waals surface area contributed by atoms with Crippen LogP contribution in [0.1, 0.15) is 17.4 Å². The quantitative estimate of drug-likeness (QED) is 0.796. The van der Waals surface area contributed by atoms with Crippen LogP contribution in [-0.4, -0.2) is 21.4 Å². The van der Waals surface area contributed by atoms with Crippen molar-refractivity contribution < 1.29 is 4.39 Å². The van der Waals surface area contributed by atoms with Crippen LogP contribution in [0.3, 0.4) is 0 Å². The third kappa shape index (κ3) is 2.50. The van der Waals surface area contributed by atoms with E-state index in [2.05, 4.69) is 15.3 Å². The molecule has 0 aliphatic carbocycles. The van der Waals surface area contributed by atoms with Crippen LogP contribution in [0.2, 0.25) is 0 Å². The van der Waals surface area contributed by atoms with E-state index in [1.54, 1.807) is 17.4 Å². The van der Waals surface area contributed by atoms with Crippen molar-refractivity contribution in [2.75, 3.05) is 7.05 Å². The van der Waals surface area contributed by atoms with Crippen molar-refractivity contribution in [3.8, 4) is 0 Å². The summed E-state index contributed by atoms with van der Waals surface area (Å²) in [6.45, 7) is 0. The maximum absolute atomic E-state index is 12.9. The van der Waals surface area contributed by atoms with E-state index < -0.39 is 0 Å². The Labute approximate surface area is 113 Å². The van der Waals surface area contributed by atoms with E-state index in [-0.39, 0.29) is 11.9 Å². The number of aromatic nitrogens is 3. The molecule has 19 heavy (non-hydrogen) atoms. The van der Waals surface area contributed by atoms with Crippen LogP contribution in [0.5, 0.6) is 0 Å². The highest BCUT2D eigenvalue weighted by molar-refractivity contribution is 7.15. The van der Waals surface area contributed by atoms with Crippen LogP contribution in [-0.2, 0) is 6.42 Å². The molecule has 0 aromatic carbocycles. The van der Waals surface area contributed by atoms with Crippen LogP contribution >= 0.6 is 11.3 Å². The van der Waals surface area contributed by atoms with Crippen molar-refractivity contribution >= 4 is 16.3 Å². The molecular weight excluding hydrogens is 263 g/mol. The van der Waals surface area contributed by atoms with Gasteiger partial charge in [0.25, 0.3) is 0 Å². The minimum absolute atomic E-state index is 0.0326. The summed E-state index contributed by atoms with van der Waals surface area (Å²) in [4.78, 5) is 9.64. The van der Waals surface area contributed by atoms with E-state index in [0.29, 0.717) is 0 Å². The van der Waals surface area contributed by atoms with Gasteiger partial charge in [-0.15, -0.1) is 11.3 Å². The summed E-state index contributed by atoms with van der Waals surface area (Å²) in [6.07, 6.45) is 5.97. The first-order chi connectivity index (χ1) is 9.26. The van der Waals surface area contributed by atoms with Gasteiger partial charge >= 0.3 is 0 Å². The molecule has 3 heterocycles. The lowest BCUT2D eigenvalue weighted by Gasteiger charge is -2.13. The Balaban J connectivity index is 1.83. The Hall–Kier alpha value is -1.79. The Morgan fingerprint density at radius 3 is 3.05 bits per heavy atom. The second-order valence-electron chi connectivity index (χ2n) is 4.27. The number of fused-ring (bicyclic) bond motifs is 1. The molecule has 1 atom stereocenters. The van der Waals surface area contributed by atoms with Gasteiger partial charge in [-0.1, -0.05) is 0 Å². The number of pyridine rings is 1. The lowest BCUT2D eigenvalue weighted by Crippen LogP contribution is -2.20. The number of halogens is 1. The molecule has 98 valence electrons. The van der Waals surface area contributed by atoms with Gasteiger partial charge in [-0.25, -0.2) is 9.37 Å². The van der Waals surface area contributed by atoms with E-state index in [4.69, 9.17) is 0 Å². The number of nitrogens with zero attached hydrogens (tertiary/aromatic N) is 3. The first-order valence-corrected chi connectivity index (χ1v) is 6.84. The largest absolute Gasteiger partial charge is 0.311 e. The Morgan fingerprint density at radius 1 is 1.47 bits per heavy atom. The van der Waals surface area contributed by atoms with Gasteiger partial charge in [-0.05, 0) is 19.2 Å². The zero-order valence-electron chi connectivity index (χ0n) is 10.4. The summed E-state index contributed by atoms with van der Waals surface area (Å²) in [5, 5.41) is 5.20. The minimum Gasteiger partial charge on any atom is -0.311 e. The Morgan fingerprint density at radius 2 is 2.37 bits per heavy atom. The monoisotopic (exact) mass is 276 g/mol. The average molecular weight is 276 g/mol. The zero-order valence-corrected chi connectivity index (χ0v) is 11.2. The first-order valence-electron chi connectivity index (χ1n) is 5.96. The maximum atomic E-state index is 12.9. The van der Waals surface area contributed by atoms with E-state index >= 15 is 0 Å². The van der Waals surface area contributed by atoms with Gasteiger partial charge in [-0.3, -0.25) is 9.38 Å². The van der Waals surface area contributed by atoms with Crippen molar-refractivity contribution in [3.63, 3.8) is 0 Å². The topological polar surface area (TPSA) is 42.2 Å². The standard InChI is InChI=1S/C13H13FN4S/c1-15-12(11-3-2-9(14)7-16-11)6-10-8-18-4-5-19-13(18)17-10/h2-5,7-8,12,15H,6H2,1H3. The summed E-state index contributed by atoms with van der Waals surface area (Å²) >= 11 is 1.61. The molecule has 0 saturated heterocycles. The van der Waals surface area contributed by atoms with Crippen molar-refractivity contribution in [1.29, 1.82) is 0 Å². The summed E-state index contributed by atoms with van der Waals surface area (Å²) in [5.74, 6) is -0.318. The van der Waals surface area contributed by atoms with Gasteiger partial charge < -0.3 is 5.32 Å². The Kier molecular flexibility index (Phi) is 3.27. The second kappa shape index (κ2) is 5.07. The maximum Gasteiger partial charge on any atom is 0.193 e. The number of thiazole rings is 1. The number of imidazole rings is 1. The molecule has 3 rings (SSSR count). The predicted octanol–water partition coefficient (Wildman–Crippen LogP) is 2.43. The van der Waals surface area contributed by atoms with Crippen molar-refractivity contribution in [2.45, 2.75) is 12.5 Å². The van der Waals surface area contributed by atoms with Gasteiger partial charge in [0.05, 0.1) is 23.6 Å². The fourth-order valence-electron chi connectivity index (χ4n) is 2.03. The fraction of sp³-hybridized carbons (Fsp3) is 0.231. The first kappa shape index (κ1) is 12.3. The SMILES string of the molecule is CNC(Cc1cn2ccsc2n1)c1ccc(F)cn1. The highest BCUT2D eigenvalue weighted by Crippen LogP contribution is 2.18. The summed E-state index contributed by atoms with van der Waals surface area (Å²) in [7, 11) is 1.87. The van der Waals surface area contributed by atoms with Gasteiger partial charge in [0.15, 0.2) is 4.96 Å². The van der Waals surface area contributed by atoms with Crippen molar-refractivity contribution in [1.82, 2.24) is 19.7 Å². The van der Waals surface area contributed by atoms with Gasteiger partial charge in [0.1, 0.15) is 5.82 Å². The van der Waals surface area contributed by atoms with Crippen LogP contribution < -0.4 is 5.32 Å². The van der Waals surface area contributed by atoms with Crippen LogP contribution in [0.15, 0.2) is 36.1 Å². The average Bonchev–Trinajstić information content (AvgIpc) is 2.98. The molecule has 0 saturated carbocycles. The molecule has 1 N–H and O–H groups in total. The van der Waals surface area contributed by atoms with Crippen LogP contribution in [0, 0.1) is 5.82 Å². The molecule has 0 aliphatic rings. The molecule has 1 unspecified atom stereocenters. The number of rotatable bonds is 4. The smallest absolute Gasteiger partial charge is 0.193 e. The normalized spacial score (nSPS) is 12.9. The molecule has 0 fully saturated rings. The lowest BCUT2D eigenvalue weighted by atomic mass is 10.1. The predicted molar refractivity (Wildman–Crippen MR) is 72.8 cm³/mol. The third-order valence-corrected chi connectivity index (χ3v) is 3.78. The lowest BCUT2D eigenvalue weighted by molar-refractivity contribution is 0.561. The van der Waals surface area contributed by atoms with Gasteiger partial charge in [-0.2, -0.15) is 0 Å². The number of hydrogen-bond acceptors (Lipinski definition) is 4. The van der Waals surface area contributed by atoms with Crippen LogP contribution in [0.4, 0.5) is 4.39 Å². The molecule has 4 nitrogen and oxygen atoms in total. The van der Waals surface area contributed by atoms with Gasteiger partial charge in [0, 0.05) is 24.2 Å². The van der Waals surface area contributed by atoms with Crippen molar-refractivity contribution in [2.24, 2.45) is 0 Å². The molecule has 0 amide bonds. The highest BCUT2D eigenvalue weighted by Gasteiger charge is 2.14. The molecule has 0 aliphatic heterocycles. The number of hydrogen-bond donors (Lipinski definition) is 1. The van der Waals surface area contributed by atoms with Gasteiger partial charge in [0.2, 0.25) is 0 Å². The second-order valence-corrected chi connectivity index (χ2v) is 5.14. The van der Waals surface area contributed by atoms with Crippen LogP contribution in [0.25, 0.3) is 4.96 Å². The van der Waals surface area contributed by atoms with Crippen molar-refractivity contribution in [3.05, 3.63) is 53.3 Å². The fourth-order valence-corrected chi connectivity index (χ4v) is 2.75. The molecular formula is C13H13FN4S. The molecule has 0 bridgehead atoms. The summed E-state index contributed by atoms with van der Waals surface area (Å²) in [5.41, 5.74) is 1.82. The highest BCUT2D eigenvalue weighted by atomic mass is 32.1. The van der Waals surface area contributed by atoms with E-state index in [9.17, 15) is 4.39 Å². The molecule has 3 aromatic heterocycles. The number of likely N-dealkylation sites (N-methyl/N-ethyl adjacent to an activating group) is 1. The van der Waals surface area contributed by atoms with E-state index in [0.717, 1.165) is 22.8 Å². The van der Waals surface area contributed by atoms with E-state index in [1.807, 2.05) is 29.2 Å². The molecule has 3 aromatic rings. The zero-order chi connectivity index (χ0) is 13.2. The summed E-state index contributed by atoms with van der Waals surface area (Å²) in [6, 6.07) is 3.16. The number of nitrogens with one attached hydrogen (secondary N) is 1. The third-order valence-electron chi connectivity index (χ3n) is 3.01. The molecule has 0 spiro atoms. The van der Waals surface area contributed by atoms with E-state index in [1.165, 1.54) is 12.3 Å². The molecule has 6 heteroatoms. The Bertz CT molecular complexity index is 645. The minimum atomic E-state index is -0.318. The molecule has 0 radical (unpaired) electrons. The summed E-state index contributed by atoms with van der Waals surface area (Å²) < 4.78 is 14.9.